The van der Waals surface area contributed by atoms with Crippen molar-refractivity contribution in [2.24, 2.45) is 0 Å². The molecule has 0 amide bonds. The topological polar surface area (TPSA) is 52.3 Å². The van der Waals surface area contributed by atoms with Gasteiger partial charge >= 0.3 is 11.7 Å². The van der Waals surface area contributed by atoms with E-state index in [1.54, 1.807) is 0 Å². The average Bonchev–Trinajstić information content (AvgIpc) is 2.56. The van der Waals surface area contributed by atoms with Crippen LogP contribution in [0.4, 0.5) is 0 Å². The van der Waals surface area contributed by atoms with Crippen molar-refractivity contribution in [1.82, 2.24) is 4.98 Å². The summed E-state index contributed by atoms with van der Waals surface area (Å²) >= 11 is 0. The molecule has 0 unspecified atom stereocenters. The molecular weight excluding hydrogens is 278 g/mol. The highest BCUT2D eigenvalue weighted by Crippen LogP contribution is 2.29. The van der Waals surface area contributed by atoms with Crippen molar-refractivity contribution >= 4 is 0 Å². The first-order valence-corrected chi connectivity index (χ1v) is 7.08. The third kappa shape index (κ3) is 2.76. The molecule has 4 heteroatoms. The van der Waals surface area contributed by atoms with E-state index in [-0.39, 0.29) is 6.08 Å². The van der Waals surface area contributed by atoms with Gasteiger partial charge in [0, 0.05) is 5.56 Å². The van der Waals surface area contributed by atoms with Gasteiger partial charge in [-0.25, -0.2) is 4.79 Å². The zero-order chi connectivity index (χ0) is 15.4. The summed E-state index contributed by atoms with van der Waals surface area (Å²) in [5.41, 5.74) is 2.16. The Morgan fingerprint density at radius 2 is 1.55 bits per heavy atom. The minimum Gasteiger partial charge on any atom is -0.450 e. The Bertz CT molecular complexity index is 811. The first-order chi connectivity index (χ1) is 10.8. The summed E-state index contributed by atoms with van der Waals surface area (Å²) in [6.07, 6.45) is -0.00830. The number of rotatable bonds is 4. The van der Waals surface area contributed by atoms with Crippen molar-refractivity contribution in [2.45, 2.75) is 6.92 Å². The third-order valence-electron chi connectivity index (χ3n) is 3.20. The van der Waals surface area contributed by atoms with Crippen LogP contribution < -0.4 is 10.4 Å². The van der Waals surface area contributed by atoms with Crippen LogP contribution in [-0.4, -0.2) is 11.6 Å². The molecule has 0 fully saturated rings. The summed E-state index contributed by atoms with van der Waals surface area (Å²) in [5.74, 6) is 0. The highest BCUT2D eigenvalue weighted by molar-refractivity contribution is 5.79. The van der Waals surface area contributed by atoms with E-state index in [9.17, 15) is 4.79 Å². The summed E-state index contributed by atoms with van der Waals surface area (Å²) in [6, 6.07) is 18.9. The summed E-state index contributed by atoms with van der Waals surface area (Å²) in [6.45, 7) is 2.20. The van der Waals surface area contributed by atoms with Crippen LogP contribution in [0.1, 0.15) is 6.92 Å². The van der Waals surface area contributed by atoms with Gasteiger partial charge in [0.25, 0.3) is 0 Å². The van der Waals surface area contributed by atoms with Crippen LogP contribution >= 0.6 is 0 Å². The number of hydrogen-bond donors (Lipinski definition) is 0. The Labute approximate surface area is 128 Å². The summed E-state index contributed by atoms with van der Waals surface area (Å²) in [7, 11) is 0. The molecule has 0 spiro atoms. The lowest BCUT2D eigenvalue weighted by Gasteiger charge is -2.09. The molecule has 0 radical (unpaired) electrons. The number of benzene rings is 2. The maximum Gasteiger partial charge on any atom is 0.397 e. The largest absolute Gasteiger partial charge is 0.450 e. The lowest BCUT2D eigenvalue weighted by Crippen LogP contribution is -2.09. The Hall–Kier alpha value is -2.88. The van der Waals surface area contributed by atoms with Crippen LogP contribution in [0.2, 0.25) is 0 Å². The lowest BCUT2D eigenvalue weighted by atomic mass is 10.0. The standard InChI is InChI=1S/C18H15NO3/c1-2-21-18-19-16(14-11-7-4-8-12-14)15(17(20)22-18)13-9-5-3-6-10-13/h3-12H,2H2,1H3. The maximum atomic E-state index is 12.4. The lowest BCUT2D eigenvalue weighted by molar-refractivity contribution is 0.227. The van der Waals surface area contributed by atoms with Crippen molar-refractivity contribution in [3.63, 3.8) is 0 Å². The van der Waals surface area contributed by atoms with Crippen LogP contribution in [0.3, 0.4) is 0 Å². The van der Waals surface area contributed by atoms with E-state index in [1.165, 1.54) is 0 Å². The molecule has 0 saturated heterocycles. The summed E-state index contributed by atoms with van der Waals surface area (Å²) in [4.78, 5) is 16.8. The van der Waals surface area contributed by atoms with Gasteiger partial charge in [-0.2, -0.15) is 4.98 Å². The van der Waals surface area contributed by atoms with Gasteiger partial charge in [-0.05, 0) is 12.5 Å². The van der Waals surface area contributed by atoms with Crippen LogP contribution in [0.25, 0.3) is 22.4 Å². The fourth-order valence-corrected chi connectivity index (χ4v) is 2.25. The zero-order valence-corrected chi connectivity index (χ0v) is 12.2. The van der Waals surface area contributed by atoms with Gasteiger partial charge < -0.3 is 9.15 Å². The molecule has 0 atom stereocenters. The summed E-state index contributed by atoms with van der Waals surface area (Å²) in [5, 5.41) is 0. The fraction of sp³-hybridized carbons (Fsp3) is 0.111. The van der Waals surface area contributed by atoms with Gasteiger partial charge in [-0.15, -0.1) is 0 Å². The molecule has 0 aliphatic carbocycles. The maximum absolute atomic E-state index is 12.4. The van der Waals surface area contributed by atoms with Crippen LogP contribution in [0, 0.1) is 0 Å². The highest BCUT2D eigenvalue weighted by Gasteiger charge is 2.17. The van der Waals surface area contributed by atoms with Gasteiger partial charge in [0.05, 0.1) is 17.9 Å². The minimum absolute atomic E-state index is 0.00830. The molecule has 110 valence electrons. The van der Waals surface area contributed by atoms with E-state index in [0.717, 1.165) is 11.1 Å². The van der Waals surface area contributed by atoms with Gasteiger partial charge in [0.15, 0.2) is 0 Å². The van der Waals surface area contributed by atoms with Crippen molar-refractivity contribution in [3.05, 3.63) is 71.1 Å². The zero-order valence-electron chi connectivity index (χ0n) is 12.2. The Balaban J connectivity index is 2.26. The molecule has 22 heavy (non-hydrogen) atoms. The van der Waals surface area contributed by atoms with Crippen molar-refractivity contribution in [2.75, 3.05) is 6.61 Å². The molecule has 0 aliphatic heterocycles. The molecule has 4 nitrogen and oxygen atoms in total. The van der Waals surface area contributed by atoms with Crippen LogP contribution in [0.5, 0.6) is 6.08 Å². The van der Waals surface area contributed by atoms with Crippen LogP contribution in [0.15, 0.2) is 69.9 Å². The number of hydrogen-bond acceptors (Lipinski definition) is 4. The normalized spacial score (nSPS) is 10.4. The quantitative estimate of drug-likeness (QED) is 0.734. The fourth-order valence-electron chi connectivity index (χ4n) is 2.25. The molecule has 0 bridgehead atoms. The molecule has 0 N–H and O–H groups in total. The highest BCUT2D eigenvalue weighted by atomic mass is 16.6. The van der Waals surface area contributed by atoms with Crippen molar-refractivity contribution in [1.29, 1.82) is 0 Å². The minimum atomic E-state index is -0.455. The number of aromatic nitrogens is 1. The van der Waals surface area contributed by atoms with E-state index in [4.69, 9.17) is 9.15 Å². The average molecular weight is 293 g/mol. The number of nitrogens with zero attached hydrogens (tertiary/aromatic N) is 1. The Morgan fingerprint density at radius 1 is 0.955 bits per heavy atom. The molecule has 1 heterocycles. The van der Waals surface area contributed by atoms with E-state index in [0.29, 0.717) is 17.9 Å². The summed E-state index contributed by atoms with van der Waals surface area (Å²) < 4.78 is 10.4. The molecule has 3 rings (SSSR count). The second-order valence-electron chi connectivity index (χ2n) is 4.66. The monoisotopic (exact) mass is 293 g/mol. The van der Waals surface area contributed by atoms with Crippen molar-refractivity contribution < 1.29 is 9.15 Å². The number of ether oxygens (including phenoxy) is 1. The van der Waals surface area contributed by atoms with Gasteiger partial charge in [0.1, 0.15) is 0 Å². The molecular formula is C18H15NO3. The molecule has 2 aromatic carbocycles. The Morgan fingerprint density at radius 3 is 2.14 bits per heavy atom. The van der Waals surface area contributed by atoms with E-state index in [1.807, 2.05) is 67.6 Å². The molecule has 0 saturated carbocycles. The predicted molar refractivity (Wildman–Crippen MR) is 84.8 cm³/mol. The van der Waals surface area contributed by atoms with Crippen molar-refractivity contribution in [3.8, 4) is 28.5 Å². The smallest absolute Gasteiger partial charge is 0.397 e. The third-order valence-corrected chi connectivity index (χ3v) is 3.20. The first kappa shape index (κ1) is 14.1. The first-order valence-electron chi connectivity index (χ1n) is 7.08. The Kier molecular flexibility index (Phi) is 4.01. The molecule has 0 aliphatic rings. The van der Waals surface area contributed by atoms with Gasteiger partial charge in [-0.3, -0.25) is 0 Å². The second kappa shape index (κ2) is 6.26. The second-order valence-corrected chi connectivity index (χ2v) is 4.66. The molecule has 1 aromatic heterocycles. The SMILES string of the molecule is CCOc1nc(-c2ccccc2)c(-c2ccccc2)c(=O)o1. The van der Waals surface area contributed by atoms with E-state index < -0.39 is 5.63 Å². The van der Waals surface area contributed by atoms with Crippen LogP contribution in [-0.2, 0) is 0 Å². The van der Waals surface area contributed by atoms with Gasteiger partial charge in [0.2, 0.25) is 0 Å². The van der Waals surface area contributed by atoms with E-state index in [2.05, 4.69) is 4.98 Å². The van der Waals surface area contributed by atoms with E-state index >= 15 is 0 Å². The molecule has 3 aromatic rings. The van der Waals surface area contributed by atoms with Gasteiger partial charge in [-0.1, -0.05) is 60.7 Å². The predicted octanol–water partition coefficient (Wildman–Crippen LogP) is 3.77.